The van der Waals surface area contributed by atoms with E-state index in [0.29, 0.717) is 24.1 Å². The molecule has 0 bridgehead atoms. The summed E-state index contributed by atoms with van der Waals surface area (Å²) in [6, 6.07) is 23.0. The fourth-order valence-electron chi connectivity index (χ4n) is 3.89. The van der Waals surface area contributed by atoms with E-state index in [1.165, 1.54) is 0 Å². The summed E-state index contributed by atoms with van der Waals surface area (Å²) in [6.07, 6.45) is 2.68. The Morgan fingerprint density at radius 2 is 1.67 bits per heavy atom. The van der Waals surface area contributed by atoms with E-state index in [0.717, 1.165) is 11.1 Å². The van der Waals surface area contributed by atoms with Gasteiger partial charge in [-0.15, -0.1) is 0 Å². The van der Waals surface area contributed by atoms with Gasteiger partial charge in [-0.05, 0) is 36.6 Å². The molecule has 1 N–H and O–H groups in total. The summed E-state index contributed by atoms with van der Waals surface area (Å²) >= 11 is 0. The minimum Gasteiger partial charge on any atom is -0.365 e. The number of carbonyl (C=O) groups is 1. The molecule has 4 nitrogen and oxygen atoms in total. The van der Waals surface area contributed by atoms with Gasteiger partial charge in [-0.2, -0.15) is 0 Å². The van der Waals surface area contributed by atoms with Crippen LogP contribution in [0.5, 0.6) is 0 Å². The van der Waals surface area contributed by atoms with Crippen LogP contribution in [0.15, 0.2) is 79.0 Å². The fourth-order valence-corrected chi connectivity index (χ4v) is 3.89. The van der Waals surface area contributed by atoms with Crippen LogP contribution >= 0.6 is 0 Å². The number of carbonyl (C=O) groups excluding carboxylic acids is 1. The van der Waals surface area contributed by atoms with Gasteiger partial charge in [0.25, 0.3) is 5.91 Å². The molecule has 2 aromatic carbocycles. The lowest BCUT2D eigenvalue weighted by atomic mass is 9.96. The summed E-state index contributed by atoms with van der Waals surface area (Å²) in [5, 5.41) is 11.7. The van der Waals surface area contributed by atoms with E-state index in [2.05, 4.69) is 4.98 Å². The summed E-state index contributed by atoms with van der Waals surface area (Å²) in [4.78, 5) is 19.1. The van der Waals surface area contributed by atoms with Crippen molar-refractivity contribution in [2.45, 2.75) is 31.5 Å². The van der Waals surface area contributed by atoms with Crippen LogP contribution in [0.4, 0.5) is 0 Å². The van der Waals surface area contributed by atoms with Gasteiger partial charge in [-0.1, -0.05) is 60.7 Å². The van der Waals surface area contributed by atoms with Gasteiger partial charge in [0, 0.05) is 12.6 Å². The first-order valence-electron chi connectivity index (χ1n) is 9.21. The maximum Gasteiger partial charge on any atom is 0.258 e. The Kier molecular flexibility index (Phi) is 4.50. The maximum absolute atomic E-state index is 13.2. The number of hydrogen-bond donors (Lipinski definition) is 1. The van der Waals surface area contributed by atoms with Gasteiger partial charge in [0.05, 0.1) is 11.6 Å². The molecule has 1 aliphatic rings. The van der Waals surface area contributed by atoms with Gasteiger partial charge in [-0.3, -0.25) is 14.7 Å². The van der Waals surface area contributed by atoms with Crippen LogP contribution in [0.2, 0.25) is 0 Å². The predicted octanol–water partition coefficient (Wildman–Crippen LogP) is 4.08. The molecule has 1 aliphatic heterocycles. The molecular formula is C23H22N2O2. The third kappa shape index (κ3) is 3.02. The molecule has 3 aromatic rings. The van der Waals surface area contributed by atoms with Gasteiger partial charge in [-0.25, -0.2) is 0 Å². The van der Waals surface area contributed by atoms with Gasteiger partial charge >= 0.3 is 0 Å². The maximum atomic E-state index is 13.2. The zero-order valence-electron chi connectivity index (χ0n) is 15.2. The number of aromatic nitrogens is 1. The van der Waals surface area contributed by atoms with Crippen molar-refractivity contribution < 1.29 is 9.90 Å². The standard InChI is InChI=1S/C23H22N2O2/c1-17(19-11-6-3-7-12-19)25-22(26)20-13-8-16-24-21(20)23(25,27)15-14-18-9-4-2-5-10-18/h2-13,16-17,27H,14-15H2,1H3. The Hall–Kier alpha value is -2.98. The molecule has 27 heavy (non-hydrogen) atoms. The molecule has 1 aromatic heterocycles. The lowest BCUT2D eigenvalue weighted by Gasteiger charge is -2.38. The number of hydrogen-bond acceptors (Lipinski definition) is 3. The van der Waals surface area contributed by atoms with Crippen LogP contribution in [-0.2, 0) is 12.1 Å². The van der Waals surface area contributed by atoms with Crippen molar-refractivity contribution in [2.24, 2.45) is 0 Å². The summed E-state index contributed by atoms with van der Waals surface area (Å²) in [6.45, 7) is 1.95. The van der Waals surface area contributed by atoms with Crippen LogP contribution in [-0.4, -0.2) is 20.9 Å². The van der Waals surface area contributed by atoms with Crippen molar-refractivity contribution in [3.8, 4) is 0 Å². The molecule has 1 amide bonds. The molecule has 4 heteroatoms. The largest absolute Gasteiger partial charge is 0.365 e. The minimum atomic E-state index is -1.43. The second kappa shape index (κ2) is 6.97. The van der Waals surface area contributed by atoms with Crippen molar-refractivity contribution >= 4 is 5.91 Å². The Bertz CT molecular complexity index is 943. The minimum absolute atomic E-state index is 0.176. The summed E-state index contributed by atoms with van der Waals surface area (Å²) < 4.78 is 0. The second-order valence-electron chi connectivity index (χ2n) is 6.96. The highest BCUT2D eigenvalue weighted by molar-refractivity contribution is 5.99. The number of benzene rings is 2. The zero-order valence-corrected chi connectivity index (χ0v) is 15.2. The van der Waals surface area contributed by atoms with Crippen LogP contribution in [0.3, 0.4) is 0 Å². The number of nitrogens with zero attached hydrogens (tertiary/aromatic N) is 2. The molecule has 2 atom stereocenters. The molecule has 2 heterocycles. The lowest BCUT2D eigenvalue weighted by molar-refractivity contribution is -0.109. The third-order valence-corrected chi connectivity index (χ3v) is 5.31. The van der Waals surface area contributed by atoms with E-state index in [4.69, 9.17) is 0 Å². The van der Waals surface area contributed by atoms with Crippen LogP contribution < -0.4 is 0 Å². The summed E-state index contributed by atoms with van der Waals surface area (Å²) in [5.41, 5.74) is 1.61. The number of rotatable bonds is 5. The molecule has 0 spiro atoms. The van der Waals surface area contributed by atoms with E-state index in [9.17, 15) is 9.90 Å². The fraction of sp³-hybridized carbons (Fsp3) is 0.217. The van der Waals surface area contributed by atoms with Crippen molar-refractivity contribution in [3.63, 3.8) is 0 Å². The molecule has 0 radical (unpaired) electrons. The van der Waals surface area contributed by atoms with E-state index in [1.807, 2.05) is 67.6 Å². The SMILES string of the molecule is CC(c1ccccc1)N1C(=O)c2cccnc2C1(O)CCc1ccccc1. The normalized spacial score (nSPS) is 19.8. The molecule has 0 saturated heterocycles. The number of pyridine rings is 1. The van der Waals surface area contributed by atoms with Crippen molar-refractivity contribution in [1.82, 2.24) is 9.88 Å². The Labute approximate surface area is 159 Å². The van der Waals surface area contributed by atoms with Gasteiger partial charge < -0.3 is 5.11 Å². The van der Waals surface area contributed by atoms with Crippen molar-refractivity contribution in [2.75, 3.05) is 0 Å². The highest BCUT2D eigenvalue weighted by Crippen LogP contribution is 2.44. The topological polar surface area (TPSA) is 53.4 Å². The number of aryl methyl sites for hydroxylation is 1. The molecule has 0 fully saturated rings. The number of fused-ring (bicyclic) bond motifs is 1. The Morgan fingerprint density at radius 1 is 1.00 bits per heavy atom. The van der Waals surface area contributed by atoms with Gasteiger partial charge in [0.2, 0.25) is 0 Å². The smallest absolute Gasteiger partial charge is 0.258 e. The van der Waals surface area contributed by atoms with E-state index >= 15 is 0 Å². The zero-order chi connectivity index (χ0) is 18.9. The Morgan fingerprint density at radius 3 is 2.37 bits per heavy atom. The first-order valence-corrected chi connectivity index (χ1v) is 9.21. The second-order valence-corrected chi connectivity index (χ2v) is 6.96. The first kappa shape index (κ1) is 17.4. The van der Waals surface area contributed by atoms with E-state index in [1.54, 1.807) is 23.2 Å². The first-order chi connectivity index (χ1) is 13.1. The van der Waals surface area contributed by atoms with Crippen molar-refractivity contribution in [3.05, 3.63) is 101 Å². The number of aliphatic hydroxyl groups is 1. The predicted molar refractivity (Wildman–Crippen MR) is 104 cm³/mol. The van der Waals surface area contributed by atoms with Crippen LogP contribution in [0.1, 0.15) is 46.6 Å². The highest BCUT2D eigenvalue weighted by atomic mass is 16.3. The molecule has 4 rings (SSSR count). The summed E-state index contributed by atoms with van der Waals surface area (Å²) in [5.74, 6) is -0.176. The average molecular weight is 358 g/mol. The molecule has 2 unspecified atom stereocenters. The molecular weight excluding hydrogens is 336 g/mol. The quantitative estimate of drug-likeness (QED) is 0.748. The van der Waals surface area contributed by atoms with E-state index < -0.39 is 5.72 Å². The van der Waals surface area contributed by atoms with Crippen molar-refractivity contribution in [1.29, 1.82) is 0 Å². The van der Waals surface area contributed by atoms with Gasteiger partial charge in [0.15, 0.2) is 5.72 Å². The van der Waals surface area contributed by atoms with Crippen LogP contribution in [0, 0.1) is 0 Å². The molecule has 0 saturated carbocycles. The van der Waals surface area contributed by atoms with E-state index in [-0.39, 0.29) is 11.9 Å². The number of amides is 1. The monoisotopic (exact) mass is 358 g/mol. The average Bonchev–Trinajstić information content (AvgIpc) is 2.95. The molecule has 136 valence electrons. The highest BCUT2D eigenvalue weighted by Gasteiger charge is 2.51. The van der Waals surface area contributed by atoms with Gasteiger partial charge in [0.1, 0.15) is 5.69 Å². The Balaban J connectivity index is 1.73. The summed E-state index contributed by atoms with van der Waals surface area (Å²) in [7, 11) is 0. The van der Waals surface area contributed by atoms with Crippen LogP contribution in [0.25, 0.3) is 0 Å². The third-order valence-electron chi connectivity index (χ3n) is 5.31. The lowest BCUT2D eigenvalue weighted by Crippen LogP contribution is -2.45. The molecule has 0 aliphatic carbocycles.